The Bertz CT molecular complexity index is 1480. The summed E-state index contributed by atoms with van der Waals surface area (Å²) in [6, 6.07) is 12.5. The van der Waals surface area contributed by atoms with Gasteiger partial charge in [0.15, 0.2) is 0 Å². The van der Waals surface area contributed by atoms with Gasteiger partial charge in [0.05, 0.1) is 19.1 Å². The molecule has 8 heteroatoms. The number of ether oxygens (including phenoxy) is 1. The van der Waals surface area contributed by atoms with Crippen molar-refractivity contribution in [1.82, 2.24) is 14.8 Å². The molecular weight excluding hydrogens is 545 g/mol. The number of carbonyl (C=O) groups is 2. The number of benzene rings is 2. The summed E-state index contributed by atoms with van der Waals surface area (Å²) >= 11 is 0. The van der Waals surface area contributed by atoms with Gasteiger partial charge in [-0.1, -0.05) is 38.1 Å². The lowest BCUT2D eigenvalue weighted by molar-refractivity contribution is -0.144. The maximum Gasteiger partial charge on any atom is 0.308 e. The van der Waals surface area contributed by atoms with Crippen LogP contribution in [0.5, 0.6) is 0 Å². The number of carbonyl (C=O) groups excluding carboxylic acids is 2. The van der Waals surface area contributed by atoms with Crippen LogP contribution < -0.4 is 10.9 Å². The molecule has 1 N–H and O–H groups in total. The van der Waals surface area contributed by atoms with Crippen molar-refractivity contribution in [1.29, 1.82) is 0 Å². The van der Waals surface area contributed by atoms with Crippen LogP contribution in [0.15, 0.2) is 59.5 Å². The van der Waals surface area contributed by atoms with Crippen molar-refractivity contribution in [3.63, 3.8) is 0 Å². The third-order valence-electron chi connectivity index (χ3n) is 8.07. The van der Waals surface area contributed by atoms with Gasteiger partial charge in [-0.05, 0) is 111 Å². The summed E-state index contributed by atoms with van der Waals surface area (Å²) in [7, 11) is 0. The Morgan fingerprint density at radius 1 is 1.07 bits per heavy atom. The first-order chi connectivity index (χ1) is 20.5. The Balaban J connectivity index is 0.00000529. The van der Waals surface area contributed by atoms with E-state index in [0.717, 1.165) is 59.4 Å². The van der Waals surface area contributed by atoms with Crippen molar-refractivity contribution in [2.75, 3.05) is 26.2 Å². The highest BCUT2D eigenvalue weighted by molar-refractivity contribution is 5.82. The molecule has 2 heterocycles. The number of amides is 1. The van der Waals surface area contributed by atoms with Gasteiger partial charge >= 0.3 is 5.97 Å². The second kappa shape index (κ2) is 14.6. The highest BCUT2D eigenvalue weighted by Gasteiger charge is 2.28. The second-order valence-corrected chi connectivity index (χ2v) is 12.0. The molecule has 0 radical (unpaired) electrons. The molecule has 1 aromatic heterocycles. The van der Waals surface area contributed by atoms with E-state index in [1.165, 1.54) is 18.6 Å². The number of aryl methyl sites for hydroxylation is 2. The maximum atomic E-state index is 14.0. The first-order valence-electron chi connectivity index (χ1n) is 15.3. The number of nitrogens with one attached hydrogen (secondary N) is 1. The zero-order chi connectivity index (χ0) is 31.1. The van der Waals surface area contributed by atoms with Crippen LogP contribution in [0.4, 0.5) is 4.39 Å². The third-order valence-corrected chi connectivity index (χ3v) is 8.07. The number of likely N-dealkylation sites (tertiary alicyclic amines) is 1. The Kier molecular flexibility index (Phi) is 10.9. The monoisotopic (exact) mass is 591 g/mol. The van der Waals surface area contributed by atoms with Gasteiger partial charge in [-0.2, -0.15) is 0 Å². The number of nitrogens with zero attached hydrogens (tertiary/aromatic N) is 2. The summed E-state index contributed by atoms with van der Waals surface area (Å²) in [6.07, 6.45) is 4.23. The molecule has 1 unspecified atom stereocenters. The van der Waals surface area contributed by atoms with E-state index in [1.54, 1.807) is 17.6 Å². The van der Waals surface area contributed by atoms with Crippen LogP contribution in [0, 0.1) is 25.6 Å². The number of aromatic nitrogens is 1. The minimum atomic E-state index is -0.745. The number of hydrogen-bond donors (Lipinski definition) is 1. The normalized spacial score (nSPS) is 14.7. The van der Waals surface area contributed by atoms with Crippen molar-refractivity contribution >= 4 is 11.9 Å². The van der Waals surface area contributed by atoms with Crippen molar-refractivity contribution in [3.05, 3.63) is 93.2 Å². The maximum absolute atomic E-state index is 14.0. The van der Waals surface area contributed by atoms with Crippen molar-refractivity contribution in [2.24, 2.45) is 5.92 Å². The predicted octanol–water partition coefficient (Wildman–Crippen LogP) is 6.16. The molecular formula is C35H46FN3O4. The highest BCUT2D eigenvalue weighted by Crippen LogP contribution is 2.31. The van der Waals surface area contributed by atoms with Crippen LogP contribution in [0.25, 0.3) is 11.1 Å². The van der Waals surface area contributed by atoms with Crippen molar-refractivity contribution < 1.29 is 20.1 Å². The van der Waals surface area contributed by atoms with Gasteiger partial charge in [0.1, 0.15) is 11.9 Å². The molecule has 4 rings (SSSR count). The molecule has 1 saturated heterocycles. The molecule has 0 spiro atoms. The minimum Gasteiger partial charge on any atom is -0.466 e. The van der Waals surface area contributed by atoms with Gasteiger partial charge in [0, 0.05) is 20.2 Å². The molecule has 1 aliphatic rings. The van der Waals surface area contributed by atoms with Gasteiger partial charge in [-0.3, -0.25) is 14.4 Å². The van der Waals surface area contributed by atoms with Crippen LogP contribution in [-0.2, 0) is 20.7 Å². The van der Waals surface area contributed by atoms with Crippen molar-refractivity contribution in [2.45, 2.75) is 72.4 Å². The van der Waals surface area contributed by atoms with E-state index >= 15 is 0 Å². The van der Waals surface area contributed by atoms with Crippen LogP contribution in [0.3, 0.4) is 0 Å². The van der Waals surface area contributed by atoms with E-state index in [9.17, 15) is 18.8 Å². The summed E-state index contributed by atoms with van der Waals surface area (Å²) in [6.45, 7) is 12.9. The van der Waals surface area contributed by atoms with Gasteiger partial charge < -0.3 is 19.5 Å². The number of pyridine rings is 1. The summed E-state index contributed by atoms with van der Waals surface area (Å²) in [4.78, 5) is 42.2. The molecule has 3 aromatic rings. The average molecular weight is 592 g/mol. The topological polar surface area (TPSA) is 80.6 Å². The summed E-state index contributed by atoms with van der Waals surface area (Å²) in [5.74, 6) is -0.912. The fourth-order valence-corrected chi connectivity index (χ4v) is 5.81. The molecule has 2 atom stereocenters. The average Bonchev–Trinajstić information content (AvgIpc) is 2.91. The summed E-state index contributed by atoms with van der Waals surface area (Å²) in [5, 5.41) is 3.09. The lowest BCUT2D eigenvalue weighted by atomic mass is 9.92. The fourth-order valence-electron chi connectivity index (χ4n) is 5.81. The van der Waals surface area contributed by atoms with Crippen LogP contribution >= 0.6 is 0 Å². The SMILES string of the molecule is CCOC(=O)C[C@H](NC(=O)C(CC(C)C)n1cc(CCN2CCC2)ccc1=O)c1cccc(-c2c(C)cc(F)cc2C)c1.[HH]. The Morgan fingerprint density at radius 2 is 1.79 bits per heavy atom. The standard InChI is InChI=1S/C35H44FN3O4.H2/c1-6-43-33(41)21-30(27-9-7-10-28(20-27)34-24(4)18-29(36)19-25(34)5)37-35(42)31(17-23(2)3)39-22-26(11-12-32(39)40)13-16-38-14-8-15-38;/h7,9-12,18-20,22-23,30-31H,6,8,13-17,21H2,1-5H3,(H,37,42);1H/t30-,31?;/m0./s1. The quantitative estimate of drug-likeness (QED) is 0.241. The molecule has 0 saturated carbocycles. The number of esters is 1. The lowest BCUT2D eigenvalue weighted by Gasteiger charge is -2.30. The van der Waals surface area contributed by atoms with E-state index in [0.29, 0.717) is 6.42 Å². The van der Waals surface area contributed by atoms with Gasteiger partial charge in [0.2, 0.25) is 5.91 Å². The Labute approximate surface area is 255 Å². The Morgan fingerprint density at radius 3 is 2.42 bits per heavy atom. The van der Waals surface area contributed by atoms with Crippen molar-refractivity contribution in [3.8, 4) is 11.1 Å². The first kappa shape index (κ1) is 32.1. The zero-order valence-electron chi connectivity index (χ0n) is 26.0. The smallest absolute Gasteiger partial charge is 0.308 e. The molecule has 232 valence electrons. The molecule has 1 aliphatic heterocycles. The second-order valence-electron chi connectivity index (χ2n) is 12.0. The number of hydrogen-bond acceptors (Lipinski definition) is 5. The van der Waals surface area contributed by atoms with Crippen LogP contribution in [0.2, 0.25) is 0 Å². The molecule has 2 aromatic carbocycles. The predicted molar refractivity (Wildman–Crippen MR) is 170 cm³/mol. The number of halogens is 1. The fraction of sp³-hybridized carbons (Fsp3) is 0.457. The molecule has 7 nitrogen and oxygen atoms in total. The Hall–Kier alpha value is -3.78. The third kappa shape index (κ3) is 8.41. The molecule has 0 aliphatic carbocycles. The van der Waals surface area contributed by atoms with Crippen LogP contribution in [-0.4, -0.2) is 47.6 Å². The largest absolute Gasteiger partial charge is 0.466 e. The van der Waals surface area contributed by atoms with E-state index in [4.69, 9.17) is 4.74 Å². The zero-order valence-corrected chi connectivity index (χ0v) is 26.0. The van der Waals surface area contributed by atoms with Gasteiger partial charge in [-0.25, -0.2) is 4.39 Å². The number of rotatable bonds is 13. The lowest BCUT2D eigenvalue weighted by Crippen LogP contribution is -2.40. The highest BCUT2D eigenvalue weighted by atomic mass is 19.1. The van der Waals surface area contributed by atoms with Gasteiger partial charge in [-0.15, -0.1) is 0 Å². The summed E-state index contributed by atoms with van der Waals surface area (Å²) in [5.41, 5.74) is 4.86. The van der Waals surface area contributed by atoms with Gasteiger partial charge in [0.25, 0.3) is 5.56 Å². The van der Waals surface area contributed by atoms with Crippen LogP contribution in [0.1, 0.15) is 75.8 Å². The van der Waals surface area contributed by atoms with E-state index < -0.39 is 18.1 Å². The van der Waals surface area contributed by atoms with E-state index in [-0.39, 0.29) is 37.7 Å². The van der Waals surface area contributed by atoms with E-state index in [1.807, 2.05) is 64.2 Å². The minimum absolute atomic E-state index is 0. The van der Waals surface area contributed by atoms with E-state index in [2.05, 4.69) is 10.2 Å². The molecule has 43 heavy (non-hydrogen) atoms. The molecule has 1 fully saturated rings. The molecule has 0 bridgehead atoms. The molecule has 1 amide bonds. The first-order valence-corrected chi connectivity index (χ1v) is 15.3. The summed E-state index contributed by atoms with van der Waals surface area (Å²) < 4.78 is 20.8.